The van der Waals surface area contributed by atoms with Crippen molar-refractivity contribution in [2.75, 3.05) is 26.2 Å². The minimum absolute atomic E-state index is 0.198. The van der Waals surface area contributed by atoms with Crippen molar-refractivity contribution in [3.05, 3.63) is 75.9 Å². The van der Waals surface area contributed by atoms with E-state index in [1.54, 1.807) is 24.3 Å². The van der Waals surface area contributed by atoms with Crippen molar-refractivity contribution in [3.63, 3.8) is 0 Å². The Kier molecular flexibility index (Phi) is 5.52. The summed E-state index contributed by atoms with van der Waals surface area (Å²) in [6.45, 7) is 2.03. The molecular weight excluding hydrogens is 390 g/mol. The summed E-state index contributed by atoms with van der Waals surface area (Å²) in [5.41, 5.74) is 1.20. The topological polar surface area (TPSA) is 88.4 Å². The second-order valence-corrected chi connectivity index (χ2v) is 8.65. The minimum Gasteiger partial charge on any atom is -0.282 e. The van der Waals surface area contributed by atoms with Crippen molar-refractivity contribution in [2.45, 2.75) is 6.67 Å². The Hall–Kier alpha value is -2.88. The van der Waals surface area contributed by atoms with Gasteiger partial charge in [0.1, 0.15) is 5.52 Å². The largest absolute Gasteiger partial charge is 0.282 e. The Morgan fingerprint density at radius 1 is 0.931 bits per heavy atom. The molecule has 1 aliphatic rings. The maximum absolute atomic E-state index is 12.6. The van der Waals surface area contributed by atoms with Gasteiger partial charge in [-0.3, -0.25) is 9.69 Å². The fourth-order valence-electron chi connectivity index (χ4n) is 3.25. The molecule has 8 nitrogen and oxygen atoms in total. The highest BCUT2D eigenvalue weighted by Gasteiger charge is 2.25. The van der Waals surface area contributed by atoms with E-state index in [-0.39, 0.29) is 12.2 Å². The van der Waals surface area contributed by atoms with Gasteiger partial charge >= 0.3 is 0 Å². The first-order valence-corrected chi connectivity index (χ1v) is 10.8. The first-order valence-electron chi connectivity index (χ1n) is 9.31. The summed E-state index contributed by atoms with van der Waals surface area (Å²) in [5, 5.41) is 9.86. The Labute approximate surface area is 168 Å². The molecule has 4 rings (SSSR count). The molecule has 0 bridgehead atoms. The van der Waals surface area contributed by atoms with E-state index in [9.17, 15) is 13.2 Å². The number of hydrogen-bond donors (Lipinski definition) is 0. The van der Waals surface area contributed by atoms with Gasteiger partial charge in [0.15, 0.2) is 0 Å². The smallest absolute Gasteiger partial charge is 0.278 e. The average molecular weight is 411 g/mol. The lowest BCUT2D eigenvalue weighted by Gasteiger charge is -2.33. The molecule has 0 N–H and O–H groups in total. The van der Waals surface area contributed by atoms with Crippen molar-refractivity contribution in [1.29, 1.82) is 0 Å². The predicted octanol–water partition coefficient (Wildman–Crippen LogP) is 1.37. The van der Waals surface area contributed by atoms with Gasteiger partial charge in [-0.05, 0) is 23.8 Å². The second-order valence-electron chi connectivity index (χ2n) is 6.83. The lowest BCUT2D eigenvalue weighted by Crippen LogP contribution is -2.49. The van der Waals surface area contributed by atoms with E-state index in [4.69, 9.17) is 0 Å². The van der Waals surface area contributed by atoms with Crippen LogP contribution in [0.2, 0.25) is 0 Å². The second kappa shape index (κ2) is 8.24. The third-order valence-electron chi connectivity index (χ3n) is 4.89. The summed E-state index contributed by atoms with van der Waals surface area (Å²) in [5.74, 6) is 0. The van der Waals surface area contributed by atoms with Gasteiger partial charge in [-0.2, -0.15) is 8.99 Å². The van der Waals surface area contributed by atoms with Gasteiger partial charge in [-0.15, -0.1) is 5.10 Å². The number of benzene rings is 2. The molecule has 1 aliphatic heterocycles. The van der Waals surface area contributed by atoms with Gasteiger partial charge in [0.25, 0.3) is 5.56 Å². The quantitative estimate of drug-likeness (QED) is 0.630. The van der Waals surface area contributed by atoms with Crippen molar-refractivity contribution >= 4 is 27.0 Å². The van der Waals surface area contributed by atoms with E-state index in [0.717, 1.165) is 5.56 Å². The highest BCUT2D eigenvalue weighted by molar-refractivity contribution is 7.92. The number of fused-ring (bicyclic) bond motifs is 1. The summed E-state index contributed by atoms with van der Waals surface area (Å²) < 4.78 is 27.9. The van der Waals surface area contributed by atoms with Crippen LogP contribution in [-0.4, -0.2) is 58.8 Å². The molecule has 2 aromatic carbocycles. The molecule has 1 aromatic heterocycles. The lowest BCUT2D eigenvalue weighted by atomic mass is 10.2. The van der Waals surface area contributed by atoms with Crippen LogP contribution in [0.5, 0.6) is 0 Å². The molecular formula is C20H21N5O3S. The molecule has 1 fully saturated rings. The van der Waals surface area contributed by atoms with Crippen molar-refractivity contribution in [2.24, 2.45) is 0 Å². The van der Waals surface area contributed by atoms with Crippen LogP contribution < -0.4 is 5.56 Å². The average Bonchev–Trinajstić information content (AvgIpc) is 2.76. The van der Waals surface area contributed by atoms with Crippen LogP contribution in [0.1, 0.15) is 5.56 Å². The summed E-state index contributed by atoms with van der Waals surface area (Å²) in [4.78, 5) is 14.6. The SMILES string of the molecule is O=c1c2ccccc2nnn1CN1CCN(S(=O)(=O)C=Cc2ccccc2)CC1. The summed E-state index contributed by atoms with van der Waals surface area (Å²) in [7, 11) is -3.49. The van der Waals surface area contributed by atoms with Crippen LogP contribution in [0.15, 0.2) is 64.8 Å². The molecule has 0 aliphatic carbocycles. The van der Waals surface area contributed by atoms with Gasteiger partial charge < -0.3 is 0 Å². The van der Waals surface area contributed by atoms with Crippen molar-refractivity contribution in [1.82, 2.24) is 24.2 Å². The van der Waals surface area contributed by atoms with E-state index >= 15 is 0 Å². The van der Waals surface area contributed by atoms with E-state index < -0.39 is 10.0 Å². The fraction of sp³-hybridized carbons (Fsp3) is 0.250. The van der Waals surface area contributed by atoms with E-state index in [1.807, 2.05) is 41.3 Å². The minimum atomic E-state index is -3.49. The fourth-order valence-corrected chi connectivity index (χ4v) is 4.42. The Morgan fingerprint density at radius 2 is 1.62 bits per heavy atom. The Balaban J connectivity index is 1.40. The zero-order valence-electron chi connectivity index (χ0n) is 15.8. The van der Waals surface area contributed by atoms with Crippen LogP contribution in [-0.2, 0) is 16.7 Å². The molecule has 0 atom stereocenters. The van der Waals surface area contributed by atoms with Crippen LogP contribution in [0.25, 0.3) is 17.0 Å². The summed E-state index contributed by atoms with van der Waals surface area (Å²) >= 11 is 0. The van der Waals surface area contributed by atoms with Crippen LogP contribution in [0.3, 0.4) is 0 Å². The van der Waals surface area contributed by atoms with Gasteiger partial charge in [0.05, 0.1) is 12.1 Å². The normalized spacial score (nSPS) is 16.6. The van der Waals surface area contributed by atoms with Gasteiger partial charge in [-0.1, -0.05) is 47.7 Å². The van der Waals surface area contributed by atoms with E-state index in [1.165, 1.54) is 14.4 Å². The first kappa shape index (κ1) is 19.4. The molecule has 29 heavy (non-hydrogen) atoms. The molecule has 2 heterocycles. The number of sulfonamides is 1. The monoisotopic (exact) mass is 411 g/mol. The molecule has 3 aromatic rings. The Bertz CT molecular complexity index is 1180. The third-order valence-corrected chi connectivity index (χ3v) is 6.45. The number of hydrogen-bond acceptors (Lipinski definition) is 6. The van der Waals surface area contributed by atoms with Gasteiger partial charge in [0.2, 0.25) is 10.0 Å². The summed E-state index contributed by atoms with van der Waals surface area (Å²) in [6, 6.07) is 16.4. The lowest BCUT2D eigenvalue weighted by molar-refractivity contribution is 0.142. The Morgan fingerprint density at radius 3 is 2.38 bits per heavy atom. The highest BCUT2D eigenvalue weighted by atomic mass is 32.2. The number of piperazine rings is 1. The van der Waals surface area contributed by atoms with Gasteiger partial charge in [-0.25, -0.2) is 8.42 Å². The molecule has 1 saturated heterocycles. The number of rotatable bonds is 5. The summed E-state index contributed by atoms with van der Waals surface area (Å²) in [6.07, 6.45) is 1.60. The first-order chi connectivity index (χ1) is 14.0. The van der Waals surface area contributed by atoms with Crippen molar-refractivity contribution in [3.8, 4) is 0 Å². The zero-order valence-corrected chi connectivity index (χ0v) is 16.6. The van der Waals surface area contributed by atoms with Gasteiger partial charge in [0, 0.05) is 31.6 Å². The molecule has 150 valence electrons. The third kappa shape index (κ3) is 4.42. The van der Waals surface area contributed by atoms with Crippen LogP contribution in [0.4, 0.5) is 0 Å². The number of aromatic nitrogens is 3. The molecule has 0 amide bonds. The maximum atomic E-state index is 12.6. The van der Waals surface area contributed by atoms with Crippen LogP contribution in [0, 0.1) is 0 Å². The standard InChI is InChI=1S/C20H21N5O3S/c26-20-18-8-4-5-9-19(18)21-22-25(20)16-23-11-13-24(14-12-23)29(27,28)15-10-17-6-2-1-3-7-17/h1-10,15H,11-14,16H2. The predicted molar refractivity (Wildman–Crippen MR) is 111 cm³/mol. The maximum Gasteiger partial charge on any atom is 0.278 e. The van der Waals surface area contributed by atoms with Crippen molar-refractivity contribution < 1.29 is 8.42 Å². The van der Waals surface area contributed by atoms with E-state index in [2.05, 4.69) is 10.3 Å². The highest BCUT2D eigenvalue weighted by Crippen LogP contribution is 2.12. The molecule has 9 heteroatoms. The molecule has 0 unspecified atom stereocenters. The molecule has 0 radical (unpaired) electrons. The number of nitrogens with zero attached hydrogens (tertiary/aromatic N) is 5. The van der Waals surface area contributed by atoms with E-state index in [0.29, 0.717) is 37.1 Å². The van der Waals surface area contributed by atoms with Crippen LogP contribution >= 0.6 is 0 Å². The zero-order chi connectivity index (χ0) is 20.3. The molecule has 0 spiro atoms. The molecule has 0 saturated carbocycles.